The first-order valence-electron chi connectivity index (χ1n) is 5.89. The number of nitrogens with one attached hydrogen (secondary N) is 1. The fourth-order valence-corrected chi connectivity index (χ4v) is 1.87. The molecule has 2 rings (SSSR count). The highest BCUT2D eigenvalue weighted by Gasteiger charge is 2.04. The van der Waals surface area contributed by atoms with E-state index in [1.54, 1.807) is 6.07 Å². The predicted octanol–water partition coefficient (Wildman–Crippen LogP) is 0.959. The van der Waals surface area contributed by atoms with Gasteiger partial charge in [0, 0.05) is 12.7 Å². The maximum atomic E-state index is 11.6. The molecule has 0 fully saturated rings. The van der Waals surface area contributed by atoms with Crippen molar-refractivity contribution in [3.8, 4) is 6.07 Å². The molecule has 0 spiro atoms. The van der Waals surface area contributed by atoms with Gasteiger partial charge in [0.05, 0.1) is 0 Å². The molecule has 0 saturated heterocycles. The molecule has 0 aliphatic carbocycles. The van der Waals surface area contributed by atoms with Crippen LogP contribution in [0.5, 0.6) is 0 Å². The molecule has 1 aromatic heterocycles. The molecule has 1 aromatic carbocycles. The Balaban J connectivity index is 2.23. The van der Waals surface area contributed by atoms with Crippen molar-refractivity contribution >= 4 is 0 Å². The number of hydrogen-bond donors (Lipinski definition) is 1. The van der Waals surface area contributed by atoms with Gasteiger partial charge >= 0.3 is 5.69 Å². The molecule has 0 bridgehead atoms. The van der Waals surface area contributed by atoms with Crippen LogP contribution in [0.15, 0.2) is 40.1 Å². The number of nitriles is 1. The Bertz CT molecular complexity index is 750. The lowest BCUT2D eigenvalue weighted by atomic mass is 10.1. The summed E-state index contributed by atoms with van der Waals surface area (Å²) in [7, 11) is 0. The Hall–Kier alpha value is -2.61. The van der Waals surface area contributed by atoms with Crippen LogP contribution < -0.4 is 11.2 Å². The summed E-state index contributed by atoms with van der Waals surface area (Å²) in [5.41, 5.74) is 1.08. The monoisotopic (exact) mass is 255 g/mol. The SMILES string of the molecule is Cc1cccc(CCn2cc(C#N)c(=O)[nH]c2=O)c1. The van der Waals surface area contributed by atoms with E-state index in [9.17, 15) is 9.59 Å². The van der Waals surface area contributed by atoms with Gasteiger partial charge in [0.2, 0.25) is 0 Å². The minimum atomic E-state index is -0.640. The third-order valence-corrected chi connectivity index (χ3v) is 2.86. The van der Waals surface area contributed by atoms with Crippen molar-refractivity contribution in [2.75, 3.05) is 0 Å². The summed E-state index contributed by atoms with van der Waals surface area (Å²) >= 11 is 0. The van der Waals surface area contributed by atoms with Gasteiger partial charge in [-0.2, -0.15) is 5.26 Å². The summed E-state index contributed by atoms with van der Waals surface area (Å²) in [6, 6.07) is 9.75. The molecule has 19 heavy (non-hydrogen) atoms. The van der Waals surface area contributed by atoms with Crippen LogP contribution in [0.4, 0.5) is 0 Å². The van der Waals surface area contributed by atoms with Gasteiger partial charge in [0.25, 0.3) is 5.56 Å². The first-order valence-corrected chi connectivity index (χ1v) is 5.89. The van der Waals surface area contributed by atoms with Gasteiger partial charge < -0.3 is 0 Å². The van der Waals surface area contributed by atoms with E-state index >= 15 is 0 Å². The van der Waals surface area contributed by atoms with E-state index in [2.05, 4.69) is 4.98 Å². The maximum absolute atomic E-state index is 11.6. The standard InChI is InChI=1S/C14H13N3O2/c1-10-3-2-4-11(7-10)5-6-17-9-12(8-15)13(18)16-14(17)19/h2-4,7,9H,5-6H2,1H3,(H,16,18,19). The molecule has 1 N–H and O–H groups in total. The lowest BCUT2D eigenvalue weighted by Gasteiger charge is -2.06. The van der Waals surface area contributed by atoms with Gasteiger partial charge in [-0.1, -0.05) is 29.8 Å². The highest BCUT2D eigenvalue weighted by Crippen LogP contribution is 2.05. The number of H-pyrrole nitrogens is 1. The fourth-order valence-electron chi connectivity index (χ4n) is 1.87. The Morgan fingerprint density at radius 2 is 2.16 bits per heavy atom. The quantitative estimate of drug-likeness (QED) is 0.887. The molecule has 0 aliphatic heterocycles. The Labute approximate surface area is 109 Å². The highest BCUT2D eigenvalue weighted by molar-refractivity contribution is 5.23. The van der Waals surface area contributed by atoms with Crippen LogP contribution in [-0.2, 0) is 13.0 Å². The van der Waals surface area contributed by atoms with E-state index in [-0.39, 0.29) is 5.56 Å². The number of aromatic amines is 1. The van der Waals surface area contributed by atoms with Gasteiger partial charge in [-0.3, -0.25) is 14.3 Å². The van der Waals surface area contributed by atoms with Crippen LogP contribution in [-0.4, -0.2) is 9.55 Å². The zero-order valence-electron chi connectivity index (χ0n) is 10.5. The normalized spacial score (nSPS) is 10.1. The van der Waals surface area contributed by atoms with E-state index in [4.69, 9.17) is 5.26 Å². The molecule has 0 aliphatic rings. The van der Waals surface area contributed by atoms with Gasteiger partial charge in [0.1, 0.15) is 11.6 Å². The molecule has 5 heteroatoms. The van der Waals surface area contributed by atoms with Crippen molar-refractivity contribution in [3.63, 3.8) is 0 Å². The fraction of sp³-hybridized carbons (Fsp3) is 0.214. The largest absolute Gasteiger partial charge is 0.328 e. The zero-order chi connectivity index (χ0) is 13.8. The van der Waals surface area contributed by atoms with Crippen LogP contribution in [0, 0.1) is 18.3 Å². The lowest BCUT2D eigenvalue weighted by Crippen LogP contribution is -2.31. The summed E-state index contributed by atoms with van der Waals surface area (Å²) < 4.78 is 1.35. The van der Waals surface area contributed by atoms with E-state index in [0.717, 1.165) is 11.1 Å². The van der Waals surface area contributed by atoms with Gasteiger partial charge in [-0.25, -0.2) is 4.79 Å². The van der Waals surface area contributed by atoms with E-state index in [0.29, 0.717) is 13.0 Å². The first kappa shape index (κ1) is 12.8. The molecule has 1 heterocycles. The van der Waals surface area contributed by atoms with Crippen LogP contribution in [0.25, 0.3) is 0 Å². The van der Waals surface area contributed by atoms with Crippen molar-refractivity contribution in [1.82, 2.24) is 9.55 Å². The molecular formula is C14H13N3O2. The molecule has 5 nitrogen and oxygen atoms in total. The van der Waals surface area contributed by atoms with E-state index in [1.165, 1.54) is 10.8 Å². The van der Waals surface area contributed by atoms with Crippen LogP contribution in [0.1, 0.15) is 16.7 Å². The molecule has 2 aromatic rings. The highest BCUT2D eigenvalue weighted by atomic mass is 16.2. The number of aryl methyl sites for hydroxylation is 3. The summed E-state index contributed by atoms with van der Waals surface area (Å²) in [6.07, 6.45) is 1.97. The van der Waals surface area contributed by atoms with Gasteiger partial charge in [-0.15, -0.1) is 0 Å². The number of aromatic nitrogens is 2. The van der Waals surface area contributed by atoms with Crippen LogP contribution in [0.2, 0.25) is 0 Å². The minimum Gasteiger partial charge on any atom is -0.299 e. The number of benzene rings is 1. The summed E-state index contributed by atoms with van der Waals surface area (Å²) in [5.74, 6) is 0. The van der Waals surface area contributed by atoms with Crippen molar-refractivity contribution in [2.45, 2.75) is 19.9 Å². The molecule has 0 unspecified atom stereocenters. The Morgan fingerprint density at radius 3 is 2.84 bits per heavy atom. The summed E-state index contributed by atoms with van der Waals surface area (Å²) in [4.78, 5) is 25.0. The molecule has 0 atom stereocenters. The summed E-state index contributed by atoms with van der Waals surface area (Å²) in [6.45, 7) is 2.43. The van der Waals surface area contributed by atoms with Gasteiger partial charge in [0.15, 0.2) is 0 Å². The third kappa shape index (κ3) is 2.99. The molecule has 96 valence electrons. The number of hydrogen-bond acceptors (Lipinski definition) is 3. The Morgan fingerprint density at radius 1 is 1.37 bits per heavy atom. The zero-order valence-corrected chi connectivity index (χ0v) is 10.5. The summed E-state index contributed by atoms with van der Waals surface area (Å²) in [5, 5.41) is 8.77. The second-order valence-corrected chi connectivity index (χ2v) is 4.35. The smallest absolute Gasteiger partial charge is 0.299 e. The second-order valence-electron chi connectivity index (χ2n) is 4.35. The number of rotatable bonds is 3. The predicted molar refractivity (Wildman–Crippen MR) is 70.9 cm³/mol. The van der Waals surface area contributed by atoms with Crippen LogP contribution in [0.3, 0.4) is 0 Å². The molecule has 0 saturated carbocycles. The van der Waals surface area contributed by atoms with Gasteiger partial charge in [-0.05, 0) is 18.9 Å². The molecule has 0 amide bonds. The van der Waals surface area contributed by atoms with E-state index in [1.807, 2.05) is 31.2 Å². The molecule has 0 radical (unpaired) electrons. The second kappa shape index (κ2) is 5.36. The minimum absolute atomic E-state index is 0.0520. The number of nitrogens with zero attached hydrogens (tertiary/aromatic N) is 2. The van der Waals surface area contributed by atoms with Crippen molar-refractivity contribution in [1.29, 1.82) is 5.26 Å². The van der Waals surface area contributed by atoms with Crippen molar-refractivity contribution in [3.05, 3.63) is 68.0 Å². The third-order valence-electron chi connectivity index (χ3n) is 2.86. The average Bonchev–Trinajstić information content (AvgIpc) is 2.38. The maximum Gasteiger partial charge on any atom is 0.328 e. The lowest BCUT2D eigenvalue weighted by molar-refractivity contribution is 0.643. The van der Waals surface area contributed by atoms with Crippen LogP contribution >= 0.6 is 0 Å². The Kier molecular flexibility index (Phi) is 3.62. The topological polar surface area (TPSA) is 78.7 Å². The van der Waals surface area contributed by atoms with Crippen molar-refractivity contribution < 1.29 is 0 Å². The molecular weight excluding hydrogens is 242 g/mol. The van der Waals surface area contributed by atoms with E-state index < -0.39 is 11.2 Å². The van der Waals surface area contributed by atoms with Crippen molar-refractivity contribution in [2.24, 2.45) is 0 Å². The first-order chi connectivity index (χ1) is 9.10. The average molecular weight is 255 g/mol.